The molecule has 1 atom stereocenters. The maximum absolute atomic E-state index is 13.0. The fraction of sp³-hybridized carbons (Fsp3) is 0.350. The van der Waals surface area contributed by atoms with E-state index < -0.39 is 38.7 Å². The summed E-state index contributed by atoms with van der Waals surface area (Å²) in [4.78, 5) is 11.7. The van der Waals surface area contributed by atoms with Crippen LogP contribution in [0.1, 0.15) is 24.8 Å². The molecule has 1 saturated heterocycles. The molecule has 2 aromatic carbocycles. The van der Waals surface area contributed by atoms with Gasteiger partial charge in [0.1, 0.15) is 0 Å². The van der Waals surface area contributed by atoms with E-state index in [-0.39, 0.29) is 13.1 Å². The number of sulfonamides is 1. The molecule has 2 aromatic rings. The van der Waals surface area contributed by atoms with E-state index in [1.807, 2.05) is 6.07 Å². The van der Waals surface area contributed by atoms with Crippen LogP contribution in [0.3, 0.4) is 0 Å². The first-order valence-corrected chi connectivity index (χ1v) is 10.9. The highest BCUT2D eigenvalue weighted by Crippen LogP contribution is 2.32. The summed E-state index contributed by atoms with van der Waals surface area (Å²) in [6.07, 6.45) is -2.76. The van der Waals surface area contributed by atoms with Crippen LogP contribution in [0.5, 0.6) is 0 Å². The Balaban J connectivity index is 1.72. The van der Waals surface area contributed by atoms with Crippen LogP contribution in [-0.4, -0.2) is 37.9 Å². The van der Waals surface area contributed by atoms with Crippen molar-refractivity contribution < 1.29 is 26.4 Å². The highest BCUT2D eigenvalue weighted by molar-refractivity contribution is 7.89. The molecule has 1 heterocycles. The van der Waals surface area contributed by atoms with E-state index in [0.29, 0.717) is 24.6 Å². The Morgan fingerprint density at radius 2 is 1.80 bits per heavy atom. The van der Waals surface area contributed by atoms with E-state index in [1.165, 1.54) is 4.31 Å². The predicted molar refractivity (Wildman–Crippen MR) is 106 cm³/mol. The van der Waals surface area contributed by atoms with Gasteiger partial charge in [0.25, 0.3) is 0 Å². The summed E-state index contributed by atoms with van der Waals surface area (Å²) >= 11 is 0. The van der Waals surface area contributed by atoms with Crippen LogP contribution in [0.2, 0.25) is 0 Å². The van der Waals surface area contributed by atoms with Crippen molar-refractivity contribution in [3.05, 3.63) is 60.2 Å². The van der Waals surface area contributed by atoms with Gasteiger partial charge in [0.2, 0.25) is 10.0 Å². The maximum atomic E-state index is 13.0. The van der Waals surface area contributed by atoms with E-state index in [9.17, 15) is 26.4 Å². The first-order chi connectivity index (χ1) is 14.2. The van der Waals surface area contributed by atoms with Crippen molar-refractivity contribution in [3.63, 3.8) is 0 Å². The third-order valence-electron chi connectivity index (χ3n) is 4.87. The van der Waals surface area contributed by atoms with Gasteiger partial charge in [-0.2, -0.15) is 17.5 Å². The fourth-order valence-electron chi connectivity index (χ4n) is 3.37. The number of carbonyl (C=O) groups excluding carboxylic acids is 1. The van der Waals surface area contributed by atoms with Gasteiger partial charge in [-0.05, 0) is 43.2 Å². The second kappa shape index (κ2) is 9.05. The molecule has 2 amide bonds. The Kier molecular flexibility index (Phi) is 6.67. The van der Waals surface area contributed by atoms with Crippen LogP contribution in [0.4, 0.5) is 23.7 Å². The molecule has 30 heavy (non-hydrogen) atoms. The average Bonchev–Trinajstić information content (AvgIpc) is 2.73. The second-order valence-electron chi connectivity index (χ2n) is 6.99. The molecule has 1 fully saturated rings. The number of urea groups is 1. The summed E-state index contributed by atoms with van der Waals surface area (Å²) in [5.74, 6) is 0. The first-order valence-electron chi connectivity index (χ1n) is 9.47. The quantitative estimate of drug-likeness (QED) is 0.734. The number of hydrogen-bond acceptors (Lipinski definition) is 3. The van der Waals surface area contributed by atoms with Crippen LogP contribution in [0, 0.1) is 0 Å². The number of benzene rings is 2. The minimum absolute atomic E-state index is 0.0524. The molecule has 0 bridgehead atoms. The zero-order chi connectivity index (χ0) is 21.8. The molecule has 6 nitrogen and oxygen atoms in total. The molecule has 0 aliphatic carbocycles. The van der Waals surface area contributed by atoms with Crippen LogP contribution in [0.25, 0.3) is 0 Å². The first kappa shape index (κ1) is 22.1. The Morgan fingerprint density at radius 1 is 1.07 bits per heavy atom. The molecule has 0 saturated carbocycles. The lowest BCUT2D eigenvalue weighted by atomic mass is 10.1. The van der Waals surface area contributed by atoms with Gasteiger partial charge in [-0.1, -0.05) is 30.7 Å². The van der Waals surface area contributed by atoms with Crippen molar-refractivity contribution in [2.75, 3.05) is 18.4 Å². The van der Waals surface area contributed by atoms with Crippen molar-refractivity contribution in [2.24, 2.45) is 0 Å². The van der Waals surface area contributed by atoms with Crippen molar-refractivity contribution in [1.29, 1.82) is 0 Å². The number of amides is 2. The lowest BCUT2D eigenvalue weighted by Gasteiger charge is -2.34. The minimum atomic E-state index is -4.64. The molecule has 162 valence electrons. The number of carbonyl (C=O) groups is 1. The maximum Gasteiger partial charge on any atom is 0.416 e. The standard InChI is InChI=1S/C20H22F3N3O3S/c21-20(22,23)15-7-6-11-18(13-15)30(28,29)26-12-5-4-10-17(26)14-24-19(27)25-16-8-2-1-3-9-16/h1-3,6-9,11,13,17H,4-5,10,12,14H2,(H2,24,25,27). The Hall–Kier alpha value is -2.59. The number of nitrogens with one attached hydrogen (secondary N) is 2. The van der Waals surface area contributed by atoms with Crippen LogP contribution in [-0.2, 0) is 16.2 Å². The van der Waals surface area contributed by atoms with E-state index in [1.54, 1.807) is 24.3 Å². The molecule has 1 aliphatic heterocycles. The number of piperidine rings is 1. The molecule has 1 unspecified atom stereocenters. The number of alkyl halides is 3. The normalized spacial score (nSPS) is 18.0. The van der Waals surface area contributed by atoms with Gasteiger partial charge < -0.3 is 10.6 Å². The van der Waals surface area contributed by atoms with Crippen molar-refractivity contribution in [3.8, 4) is 0 Å². The van der Waals surface area contributed by atoms with Gasteiger partial charge in [0.05, 0.1) is 10.5 Å². The zero-order valence-corrected chi connectivity index (χ0v) is 16.8. The predicted octanol–water partition coefficient (Wildman–Crippen LogP) is 4.07. The molecular weight excluding hydrogens is 419 g/mol. The molecule has 0 spiro atoms. The molecular formula is C20H22F3N3O3S. The van der Waals surface area contributed by atoms with Crippen LogP contribution < -0.4 is 10.6 Å². The average molecular weight is 441 g/mol. The zero-order valence-electron chi connectivity index (χ0n) is 16.0. The van der Waals surface area contributed by atoms with Gasteiger partial charge >= 0.3 is 12.2 Å². The van der Waals surface area contributed by atoms with Gasteiger partial charge in [0.15, 0.2) is 0 Å². The van der Waals surface area contributed by atoms with E-state index in [0.717, 1.165) is 24.6 Å². The number of para-hydroxylation sites is 1. The number of hydrogen-bond donors (Lipinski definition) is 2. The molecule has 3 rings (SSSR count). The van der Waals surface area contributed by atoms with Crippen molar-refractivity contribution in [2.45, 2.75) is 36.4 Å². The van der Waals surface area contributed by atoms with E-state index >= 15 is 0 Å². The number of anilines is 1. The largest absolute Gasteiger partial charge is 0.416 e. The lowest BCUT2D eigenvalue weighted by molar-refractivity contribution is -0.137. The summed E-state index contributed by atoms with van der Waals surface area (Å²) in [6, 6.07) is 11.5. The summed E-state index contributed by atoms with van der Waals surface area (Å²) in [5, 5.41) is 5.30. The summed E-state index contributed by atoms with van der Waals surface area (Å²) in [5.41, 5.74) is -0.426. The second-order valence-corrected chi connectivity index (χ2v) is 8.88. The number of rotatable bonds is 5. The molecule has 10 heteroatoms. The van der Waals surface area contributed by atoms with Crippen LogP contribution in [0.15, 0.2) is 59.5 Å². The lowest BCUT2D eigenvalue weighted by Crippen LogP contribution is -2.49. The molecule has 1 aliphatic rings. The molecule has 2 N–H and O–H groups in total. The summed E-state index contributed by atoms with van der Waals surface area (Å²) in [7, 11) is -4.14. The highest BCUT2D eigenvalue weighted by Gasteiger charge is 2.36. The van der Waals surface area contributed by atoms with Crippen molar-refractivity contribution >= 4 is 21.7 Å². The van der Waals surface area contributed by atoms with Crippen LogP contribution >= 0.6 is 0 Å². The SMILES string of the molecule is O=C(NCC1CCCCN1S(=O)(=O)c1cccc(C(F)(F)F)c1)Nc1ccccc1. The number of nitrogens with zero attached hydrogens (tertiary/aromatic N) is 1. The van der Waals surface area contributed by atoms with E-state index in [2.05, 4.69) is 10.6 Å². The van der Waals surface area contributed by atoms with Gasteiger partial charge in [0, 0.05) is 24.8 Å². The fourth-order valence-corrected chi connectivity index (χ4v) is 5.11. The topological polar surface area (TPSA) is 78.5 Å². The minimum Gasteiger partial charge on any atom is -0.336 e. The van der Waals surface area contributed by atoms with Crippen molar-refractivity contribution in [1.82, 2.24) is 9.62 Å². The summed E-state index contributed by atoms with van der Waals surface area (Å²) < 4.78 is 66.3. The summed E-state index contributed by atoms with van der Waals surface area (Å²) in [6.45, 7) is 0.238. The van der Waals surface area contributed by atoms with Gasteiger partial charge in [-0.15, -0.1) is 0 Å². The van der Waals surface area contributed by atoms with Gasteiger partial charge in [-0.25, -0.2) is 13.2 Å². The smallest absolute Gasteiger partial charge is 0.336 e. The Bertz CT molecular complexity index is 982. The molecule has 0 radical (unpaired) electrons. The van der Waals surface area contributed by atoms with Gasteiger partial charge in [-0.3, -0.25) is 0 Å². The third kappa shape index (κ3) is 5.31. The Labute approximate surface area is 173 Å². The third-order valence-corrected chi connectivity index (χ3v) is 6.82. The van der Waals surface area contributed by atoms with E-state index in [4.69, 9.17) is 0 Å². The highest BCUT2D eigenvalue weighted by atomic mass is 32.2. The molecule has 0 aromatic heterocycles. The number of halogens is 3. The Morgan fingerprint density at radius 3 is 2.50 bits per heavy atom. The monoisotopic (exact) mass is 441 g/mol.